The quantitative estimate of drug-likeness (QED) is 0.720. The molecule has 3 aromatic rings. The molecule has 0 aliphatic rings. The molecule has 2 heterocycles. The molecule has 0 aliphatic heterocycles. The number of hydrogen-bond donors (Lipinski definition) is 2. The van der Waals surface area contributed by atoms with E-state index < -0.39 is 0 Å². The van der Waals surface area contributed by atoms with Crippen LogP contribution in [0, 0.1) is 0 Å². The molecular formula is C18H20N4OS. The topological polar surface area (TPSA) is 70.7 Å². The highest BCUT2D eigenvalue weighted by Gasteiger charge is 2.08. The number of amides is 1. The van der Waals surface area contributed by atoms with Gasteiger partial charge in [0, 0.05) is 36.0 Å². The van der Waals surface area contributed by atoms with Crippen molar-refractivity contribution in [3.05, 3.63) is 58.2 Å². The third kappa shape index (κ3) is 3.89. The van der Waals surface area contributed by atoms with Gasteiger partial charge in [-0.2, -0.15) is 5.10 Å². The van der Waals surface area contributed by atoms with Crippen molar-refractivity contribution < 1.29 is 4.79 Å². The van der Waals surface area contributed by atoms with Crippen LogP contribution in [0.2, 0.25) is 0 Å². The van der Waals surface area contributed by atoms with E-state index in [0.29, 0.717) is 18.0 Å². The summed E-state index contributed by atoms with van der Waals surface area (Å²) in [6.07, 6.45) is 2.46. The minimum Gasteiger partial charge on any atom is -0.352 e. The Labute approximate surface area is 145 Å². The molecule has 2 aromatic heterocycles. The lowest BCUT2D eigenvalue weighted by molar-refractivity contribution is 0.0954. The van der Waals surface area contributed by atoms with E-state index in [0.717, 1.165) is 28.4 Å². The molecule has 1 aromatic carbocycles. The Bertz CT molecular complexity index is 791. The zero-order chi connectivity index (χ0) is 16.9. The van der Waals surface area contributed by atoms with Gasteiger partial charge in [-0.3, -0.25) is 9.89 Å². The maximum atomic E-state index is 12.2. The van der Waals surface area contributed by atoms with Gasteiger partial charge in [-0.1, -0.05) is 26.0 Å². The van der Waals surface area contributed by atoms with E-state index in [1.807, 2.05) is 30.3 Å². The highest BCUT2D eigenvalue weighted by molar-refractivity contribution is 7.09. The number of nitrogens with zero attached hydrogens (tertiary/aromatic N) is 2. The van der Waals surface area contributed by atoms with Crippen molar-refractivity contribution in [3.8, 4) is 11.3 Å². The first-order valence-electron chi connectivity index (χ1n) is 7.96. The first kappa shape index (κ1) is 16.4. The molecule has 1 amide bonds. The summed E-state index contributed by atoms with van der Waals surface area (Å²) in [4.78, 5) is 16.8. The van der Waals surface area contributed by atoms with Gasteiger partial charge in [-0.05, 0) is 23.8 Å². The summed E-state index contributed by atoms with van der Waals surface area (Å²) in [6.45, 7) is 4.86. The fourth-order valence-corrected chi connectivity index (χ4v) is 3.20. The highest BCUT2D eigenvalue weighted by Crippen LogP contribution is 2.19. The summed E-state index contributed by atoms with van der Waals surface area (Å²) in [5.74, 6) is 0.386. The van der Waals surface area contributed by atoms with Gasteiger partial charge in [0.1, 0.15) is 0 Å². The lowest BCUT2D eigenvalue weighted by Crippen LogP contribution is -2.25. The number of hydrogen-bond acceptors (Lipinski definition) is 4. The minimum atomic E-state index is -0.0644. The molecule has 0 bridgehead atoms. The Morgan fingerprint density at radius 2 is 2.04 bits per heavy atom. The van der Waals surface area contributed by atoms with Gasteiger partial charge >= 0.3 is 0 Å². The van der Waals surface area contributed by atoms with E-state index in [4.69, 9.17) is 0 Å². The fraction of sp³-hybridized carbons (Fsp3) is 0.278. The third-order valence-corrected chi connectivity index (χ3v) is 4.88. The summed E-state index contributed by atoms with van der Waals surface area (Å²) in [6, 6.07) is 9.38. The summed E-state index contributed by atoms with van der Waals surface area (Å²) < 4.78 is 0. The monoisotopic (exact) mass is 340 g/mol. The Kier molecular flexibility index (Phi) is 5.05. The second kappa shape index (κ2) is 7.40. The van der Waals surface area contributed by atoms with Crippen molar-refractivity contribution in [1.29, 1.82) is 0 Å². The molecule has 2 N–H and O–H groups in total. The lowest BCUT2D eigenvalue weighted by atomic mass is 10.1. The van der Waals surface area contributed by atoms with Crippen LogP contribution in [-0.2, 0) is 6.42 Å². The second-order valence-corrected chi connectivity index (χ2v) is 6.78. The van der Waals surface area contributed by atoms with Crippen LogP contribution in [0.3, 0.4) is 0 Å². The first-order chi connectivity index (χ1) is 11.6. The molecule has 124 valence electrons. The molecule has 0 saturated heterocycles. The number of rotatable bonds is 6. The third-order valence-electron chi connectivity index (χ3n) is 3.69. The van der Waals surface area contributed by atoms with Crippen LogP contribution in [0.5, 0.6) is 0 Å². The molecular weight excluding hydrogens is 320 g/mol. The molecule has 6 heteroatoms. The number of benzene rings is 1. The first-order valence-corrected chi connectivity index (χ1v) is 8.84. The minimum absolute atomic E-state index is 0.0644. The Hall–Kier alpha value is -2.47. The number of aromatic nitrogens is 3. The van der Waals surface area contributed by atoms with Gasteiger partial charge in [0.25, 0.3) is 5.91 Å². The average molecular weight is 340 g/mol. The van der Waals surface area contributed by atoms with E-state index in [1.165, 1.54) is 0 Å². The Morgan fingerprint density at radius 1 is 1.25 bits per heavy atom. The zero-order valence-corrected chi connectivity index (χ0v) is 14.6. The van der Waals surface area contributed by atoms with Crippen molar-refractivity contribution in [2.45, 2.75) is 26.2 Å². The number of thiazole rings is 1. The van der Waals surface area contributed by atoms with Crippen LogP contribution in [0.4, 0.5) is 0 Å². The van der Waals surface area contributed by atoms with Gasteiger partial charge < -0.3 is 5.32 Å². The molecule has 3 rings (SSSR count). The Balaban J connectivity index is 1.53. The van der Waals surface area contributed by atoms with Gasteiger partial charge in [0.05, 0.1) is 16.4 Å². The largest absolute Gasteiger partial charge is 0.352 e. The standard InChI is InChI=1S/C18H20N4OS/c1-12(2)18-21-15(11-24-18)7-9-19-17(23)14-5-3-13(4-6-14)16-8-10-20-22-16/h3-6,8,10-12H,7,9H2,1-2H3,(H,19,23)(H,20,22). The maximum absolute atomic E-state index is 12.2. The average Bonchev–Trinajstić information content (AvgIpc) is 3.27. The predicted octanol–water partition coefficient (Wildman–Crippen LogP) is 3.63. The van der Waals surface area contributed by atoms with Crippen molar-refractivity contribution in [3.63, 3.8) is 0 Å². The molecule has 24 heavy (non-hydrogen) atoms. The maximum Gasteiger partial charge on any atom is 0.251 e. The van der Waals surface area contributed by atoms with Crippen LogP contribution in [-0.4, -0.2) is 27.6 Å². The SMILES string of the molecule is CC(C)c1nc(CCNC(=O)c2ccc(-c3ccn[nH]3)cc2)cs1. The van der Waals surface area contributed by atoms with Crippen molar-refractivity contribution in [2.24, 2.45) is 0 Å². The summed E-state index contributed by atoms with van der Waals surface area (Å²) in [5, 5.41) is 13.0. The molecule has 0 unspecified atom stereocenters. The fourth-order valence-electron chi connectivity index (χ4n) is 2.33. The summed E-state index contributed by atoms with van der Waals surface area (Å²) in [7, 11) is 0. The van der Waals surface area contributed by atoms with Gasteiger partial charge in [0.2, 0.25) is 0 Å². The van der Waals surface area contributed by atoms with E-state index in [2.05, 4.69) is 39.7 Å². The molecule has 0 atom stereocenters. The molecule has 0 fully saturated rings. The molecule has 0 saturated carbocycles. The number of carbonyl (C=O) groups excluding carboxylic acids is 1. The van der Waals surface area contributed by atoms with Crippen LogP contribution in [0.15, 0.2) is 41.9 Å². The van der Waals surface area contributed by atoms with Crippen molar-refractivity contribution >= 4 is 17.2 Å². The van der Waals surface area contributed by atoms with Crippen molar-refractivity contribution in [1.82, 2.24) is 20.5 Å². The number of H-pyrrole nitrogens is 1. The van der Waals surface area contributed by atoms with Gasteiger partial charge in [0.15, 0.2) is 0 Å². The number of aromatic amines is 1. The second-order valence-electron chi connectivity index (χ2n) is 5.89. The van der Waals surface area contributed by atoms with Crippen LogP contribution in [0.1, 0.15) is 40.8 Å². The van der Waals surface area contributed by atoms with Crippen LogP contribution in [0.25, 0.3) is 11.3 Å². The van der Waals surface area contributed by atoms with Crippen molar-refractivity contribution in [2.75, 3.05) is 6.54 Å². The van der Waals surface area contributed by atoms with E-state index in [1.54, 1.807) is 17.5 Å². The molecule has 0 radical (unpaired) electrons. The van der Waals surface area contributed by atoms with E-state index in [-0.39, 0.29) is 5.91 Å². The normalized spacial score (nSPS) is 11.0. The number of nitrogens with one attached hydrogen (secondary N) is 2. The summed E-state index contributed by atoms with van der Waals surface area (Å²) >= 11 is 1.68. The highest BCUT2D eigenvalue weighted by atomic mass is 32.1. The van der Waals surface area contributed by atoms with E-state index >= 15 is 0 Å². The van der Waals surface area contributed by atoms with Crippen LogP contribution < -0.4 is 5.32 Å². The van der Waals surface area contributed by atoms with Gasteiger partial charge in [-0.15, -0.1) is 11.3 Å². The van der Waals surface area contributed by atoms with Gasteiger partial charge in [-0.25, -0.2) is 4.98 Å². The lowest BCUT2D eigenvalue weighted by Gasteiger charge is -2.05. The zero-order valence-electron chi connectivity index (χ0n) is 13.7. The summed E-state index contributed by atoms with van der Waals surface area (Å²) in [5.41, 5.74) is 3.64. The van der Waals surface area contributed by atoms with E-state index in [9.17, 15) is 4.79 Å². The predicted molar refractivity (Wildman–Crippen MR) is 96.3 cm³/mol. The molecule has 5 nitrogen and oxygen atoms in total. The molecule has 0 aliphatic carbocycles. The smallest absolute Gasteiger partial charge is 0.251 e. The molecule has 0 spiro atoms. The Morgan fingerprint density at radius 3 is 2.67 bits per heavy atom. The van der Waals surface area contributed by atoms with Crippen LogP contribution >= 0.6 is 11.3 Å². The number of carbonyl (C=O) groups is 1.